The number of aliphatic hydroxyl groups excluding tert-OH is 1. The van der Waals surface area contributed by atoms with E-state index in [1.807, 2.05) is 0 Å². The predicted molar refractivity (Wildman–Crippen MR) is 56.7 cm³/mol. The zero-order chi connectivity index (χ0) is 11.0. The van der Waals surface area contributed by atoms with Crippen LogP contribution in [-0.2, 0) is 6.61 Å². The van der Waals surface area contributed by atoms with E-state index in [1.165, 1.54) is 12.8 Å². The molecule has 0 atom stereocenters. The van der Waals surface area contributed by atoms with Gasteiger partial charge in [-0.3, -0.25) is 0 Å². The Morgan fingerprint density at radius 3 is 2.69 bits per heavy atom. The quantitative estimate of drug-likeness (QED) is 0.842. The summed E-state index contributed by atoms with van der Waals surface area (Å²) in [7, 11) is 0. The van der Waals surface area contributed by atoms with E-state index in [4.69, 9.17) is 14.2 Å². The Bertz CT molecular complexity index is 398. The van der Waals surface area contributed by atoms with Crippen molar-refractivity contribution in [3.05, 3.63) is 17.7 Å². The van der Waals surface area contributed by atoms with E-state index in [0.717, 1.165) is 12.2 Å². The molecule has 1 aliphatic carbocycles. The molecule has 0 spiro atoms. The third kappa shape index (κ3) is 1.80. The van der Waals surface area contributed by atoms with Gasteiger partial charge in [-0.15, -0.1) is 0 Å². The lowest BCUT2D eigenvalue weighted by molar-refractivity contribution is 0.173. The summed E-state index contributed by atoms with van der Waals surface area (Å²) in [6.45, 7) is 0.926. The number of rotatable bonds is 4. The second-order valence-electron chi connectivity index (χ2n) is 4.23. The summed E-state index contributed by atoms with van der Waals surface area (Å²) in [5.74, 6) is 2.78. The van der Waals surface area contributed by atoms with E-state index >= 15 is 0 Å². The molecule has 4 nitrogen and oxygen atoms in total. The highest BCUT2D eigenvalue weighted by Gasteiger charge is 2.23. The van der Waals surface area contributed by atoms with Crippen LogP contribution in [0.3, 0.4) is 0 Å². The van der Waals surface area contributed by atoms with Crippen molar-refractivity contribution in [1.29, 1.82) is 0 Å². The molecule has 0 unspecified atom stereocenters. The maximum atomic E-state index is 9.25. The first kappa shape index (κ1) is 9.78. The lowest BCUT2D eigenvalue weighted by Gasteiger charge is -2.10. The molecule has 3 rings (SSSR count). The van der Waals surface area contributed by atoms with Crippen molar-refractivity contribution in [2.75, 3.05) is 13.4 Å². The average Bonchev–Trinajstić information content (AvgIpc) is 3.02. The van der Waals surface area contributed by atoms with Gasteiger partial charge in [0.2, 0.25) is 6.79 Å². The molecular formula is C12H14O4. The highest BCUT2D eigenvalue weighted by atomic mass is 16.7. The van der Waals surface area contributed by atoms with Crippen LogP contribution in [0.5, 0.6) is 17.2 Å². The molecule has 0 bridgehead atoms. The summed E-state index contributed by atoms with van der Waals surface area (Å²) in [5, 5.41) is 9.25. The molecule has 1 heterocycles. The van der Waals surface area contributed by atoms with E-state index in [2.05, 4.69) is 0 Å². The maximum Gasteiger partial charge on any atom is 0.231 e. The van der Waals surface area contributed by atoms with Crippen molar-refractivity contribution in [2.24, 2.45) is 5.92 Å². The first-order valence-corrected chi connectivity index (χ1v) is 5.53. The van der Waals surface area contributed by atoms with E-state index < -0.39 is 0 Å². The fourth-order valence-electron chi connectivity index (χ4n) is 1.72. The van der Waals surface area contributed by atoms with Gasteiger partial charge in [0, 0.05) is 11.6 Å². The molecule has 16 heavy (non-hydrogen) atoms. The molecule has 0 saturated heterocycles. The molecule has 4 heteroatoms. The molecule has 2 aliphatic rings. The van der Waals surface area contributed by atoms with Gasteiger partial charge in [0.1, 0.15) is 5.75 Å². The number of ether oxygens (including phenoxy) is 3. The molecule has 1 saturated carbocycles. The topological polar surface area (TPSA) is 47.9 Å². The van der Waals surface area contributed by atoms with Crippen LogP contribution in [0, 0.1) is 5.92 Å². The third-order valence-corrected chi connectivity index (χ3v) is 2.90. The van der Waals surface area contributed by atoms with E-state index in [0.29, 0.717) is 23.2 Å². The lowest BCUT2D eigenvalue weighted by atomic mass is 10.2. The summed E-state index contributed by atoms with van der Waals surface area (Å²) >= 11 is 0. The zero-order valence-electron chi connectivity index (χ0n) is 8.94. The first-order chi connectivity index (χ1) is 7.86. The molecule has 1 N–H and O–H groups in total. The second kappa shape index (κ2) is 3.87. The molecule has 1 aromatic rings. The molecule has 1 aliphatic heterocycles. The largest absolute Gasteiger partial charge is 0.493 e. The molecule has 86 valence electrons. The standard InChI is InChI=1S/C12H14O4/c13-5-9-3-11-12(16-7-15-11)4-10(9)14-6-8-1-2-8/h3-4,8,13H,1-2,5-7H2. The fourth-order valence-corrected chi connectivity index (χ4v) is 1.72. The van der Waals surface area contributed by atoms with E-state index in [1.54, 1.807) is 12.1 Å². The van der Waals surface area contributed by atoms with Crippen LogP contribution < -0.4 is 14.2 Å². The van der Waals surface area contributed by atoms with Gasteiger partial charge in [0.05, 0.1) is 13.2 Å². The molecule has 1 aromatic carbocycles. The molecule has 0 aromatic heterocycles. The third-order valence-electron chi connectivity index (χ3n) is 2.90. The maximum absolute atomic E-state index is 9.25. The van der Waals surface area contributed by atoms with Crippen LogP contribution in [-0.4, -0.2) is 18.5 Å². The van der Waals surface area contributed by atoms with Crippen molar-refractivity contribution in [2.45, 2.75) is 19.4 Å². The minimum Gasteiger partial charge on any atom is -0.493 e. The summed E-state index contributed by atoms with van der Waals surface area (Å²) < 4.78 is 16.2. The Morgan fingerprint density at radius 2 is 2.00 bits per heavy atom. The summed E-state index contributed by atoms with van der Waals surface area (Å²) in [5.41, 5.74) is 0.755. The highest BCUT2D eigenvalue weighted by molar-refractivity contribution is 5.51. The number of benzene rings is 1. The lowest BCUT2D eigenvalue weighted by Crippen LogP contribution is -2.01. The van der Waals surface area contributed by atoms with Gasteiger partial charge in [-0.2, -0.15) is 0 Å². The minimum absolute atomic E-state index is 0.0450. The van der Waals surface area contributed by atoms with Gasteiger partial charge in [0.25, 0.3) is 0 Å². The molecule has 0 amide bonds. The SMILES string of the molecule is OCc1cc2c(cc1OCC1CC1)OCO2. The summed E-state index contributed by atoms with van der Waals surface area (Å²) in [6, 6.07) is 3.58. The van der Waals surface area contributed by atoms with Gasteiger partial charge in [-0.05, 0) is 24.8 Å². The van der Waals surface area contributed by atoms with Crippen LogP contribution in [0.25, 0.3) is 0 Å². The van der Waals surface area contributed by atoms with Gasteiger partial charge < -0.3 is 19.3 Å². The first-order valence-electron chi connectivity index (χ1n) is 5.53. The minimum atomic E-state index is -0.0450. The van der Waals surface area contributed by atoms with Crippen molar-refractivity contribution in [1.82, 2.24) is 0 Å². The zero-order valence-corrected chi connectivity index (χ0v) is 8.94. The number of fused-ring (bicyclic) bond motifs is 1. The van der Waals surface area contributed by atoms with Crippen molar-refractivity contribution in [3.63, 3.8) is 0 Å². The van der Waals surface area contributed by atoms with Crippen molar-refractivity contribution < 1.29 is 19.3 Å². The van der Waals surface area contributed by atoms with Gasteiger partial charge in [0.15, 0.2) is 11.5 Å². The normalized spacial score (nSPS) is 17.6. The van der Waals surface area contributed by atoms with Crippen LogP contribution in [0.4, 0.5) is 0 Å². The predicted octanol–water partition coefficient (Wildman–Crippen LogP) is 1.70. The average molecular weight is 222 g/mol. The number of hydrogen-bond acceptors (Lipinski definition) is 4. The smallest absolute Gasteiger partial charge is 0.231 e. The van der Waals surface area contributed by atoms with E-state index in [-0.39, 0.29) is 13.4 Å². The van der Waals surface area contributed by atoms with Crippen molar-refractivity contribution >= 4 is 0 Å². The molecule has 1 fully saturated rings. The summed E-state index contributed by atoms with van der Waals surface area (Å²) in [6.07, 6.45) is 2.50. The second-order valence-corrected chi connectivity index (χ2v) is 4.23. The molecule has 0 radical (unpaired) electrons. The fraction of sp³-hybridized carbons (Fsp3) is 0.500. The molecular weight excluding hydrogens is 208 g/mol. The van der Waals surface area contributed by atoms with E-state index in [9.17, 15) is 5.11 Å². The Balaban J connectivity index is 1.83. The van der Waals surface area contributed by atoms with Gasteiger partial charge >= 0.3 is 0 Å². The van der Waals surface area contributed by atoms with Crippen molar-refractivity contribution in [3.8, 4) is 17.2 Å². The van der Waals surface area contributed by atoms with Gasteiger partial charge in [-0.25, -0.2) is 0 Å². The van der Waals surface area contributed by atoms with Crippen LogP contribution >= 0.6 is 0 Å². The Labute approximate surface area is 93.7 Å². The van der Waals surface area contributed by atoms with Crippen LogP contribution in [0.2, 0.25) is 0 Å². The Kier molecular flexibility index (Phi) is 2.36. The number of aliphatic hydroxyl groups is 1. The van der Waals surface area contributed by atoms with Crippen LogP contribution in [0.1, 0.15) is 18.4 Å². The number of hydrogen-bond donors (Lipinski definition) is 1. The van der Waals surface area contributed by atoms with Crippen LogP contribution in [0.15, 0.2) is 12.1 Å². The Morgan fingerprint density at radius 1 is 1.25 bits per heavy atom. The highest BCUT2D eigenvalue weighted by Crippen LogP contribution is 2.39. The van der Waals surface area contributed by atoms with Gasteiger partial charge in [-0.1, -0.05) is 0 Å². The summed E-state index contributed by atoms with van der Waals surface area (Å²) in [4.78, 5) is 0. The monoisotopic (exact) mass is 222 g/mol. The Hall–Kier alpha value is -1.42.